The molecule has 0 fully saturated rings. The van der Waals surface area contributed by atoms with E-state index in [0.29, 0.717) is 6.07 Å². The molecule has 0 spiro atoms. The van der Waals surface area contributed by atoms with Gasteiger partial charge in [0.05, 0.1) is 5.56 Å². The van der Waals surface area contributed by atoms with Crippen LogP contribution in [0.4, 0.5) is 13.2 Å². The quantitative estimate of drug-likeness (QED) is 0.740. The SMILES string of the molecule is NC(=O)c1ccc(C(F)(F)F)nc1Cl. The van der Waals surface area contributed by atoms with Crippen LogP contribution in [0.15, 0.2) is 12.1 Å². The van der Waals surface area contributed by atoms with E-state index in [-0.39, 0.29) is 5.56 Å². The van der Waals surface area contributed by atoms with Crippen molar-refractivity contribution in [3.63, 3.8) is 0 Å². The van der Waals surface area contributed by atoms with Crippen LogP contribution >= 0.6 is 11.6 Å². The summed E-state index contributed by atoms with van der Waals surface area (Å²) in [7, 11) is 0. The number of carbonyl (C=O) groups excluding carboxylic acids is 1. The van der Waals surface area contributed by atoms with Gasteiger partial charge < -0.3 is 5.73 Å². The second-order valence-corrected chi connectivity index (χ2v) is 2.75. The summed E-state index contributed by atoms with van der Waals surface area (Å²) in [4.78, 5) is 13.6. The minimum Gasteiger partial charge on any atom is -0.366 e. The monoisotopic (exact) mass is 224 g/mol. The third-order valence-electron chi connectivity index (χ3n) is 1.40. The third kappa shape index (κ3) is 2.14. The Hall–Kier alpha value is -1.30. The third-order valence-corrected chi connectivity index (χ3v) is 1.69. The lowest BCUT2D eigenvalue weighted by molar-refractivity contribution is -0.141. The maximum Gasteiger partial charge on any atom is 0.433 e. The van der Waals surface area contributed by atoms with E-state index in [2.05, 4.69) is 4.98 Å². The average molecular weight is 225 g/mol. The van der Waals surface area contributed by atoms with Crippen molar-refractivity contribution in [3.05, 3.63) is 28.5 Å². The molecule has 7 heteroatoms. The minimum absolute atomic E-state index is 0.236. The number of carbonyl (C=O) groups is 1. The molecule has 1 aromatic heterocycles. The van der Waals surface area contributed by atoms with E-state index in [1.807, 2.05) is 0 Å². The molecule has 1 amide bonds. The zero-order chi connectivity index (χ0) is 10.9. The van der Waals surface area contributed by atoms with Crippen LogP contribution in [0, 0.1) is 0 Å². The average Bonchev–Trinajstić information content (AvgIpc) is 2.01. The molecule has 0 atom stereocenters. The number of nitrogens with zero attached hydrogens (tertiary/aromatic N) is 1. The highest BCUT2D eigenvalue weighted by molar-refractivity contribution is 6.32. The first-order valence-corrected chi connectivity index (χ1v) is 3.73. The highest BCUT2D eigenvalue weighted by Gasteiger charge is 2.33. The number of nitrogens with two attached hydrogens (primary N) is 1. The van der Waals surface area contributed by atoms with Crippen LogP contribution in [0.2, 0.25) is 5.15 Å². The molecule has 0 bridgehead atoms. The number of rotatable bonds is 1. The molecule has 0 saturated carbocycles. The van der Waals surface area contributed by atoms with Gasteiger partial charge in [0.1, 0.15) is 10.8 Å². The number of pyridine rings is 1. The molecule has 1 aromatic rings. The Morgan fingerprint density at radius 1 is 1.43 bits per heavy atom. The van der Waals surface area contributed by atoms with Crippen LogP contribution in [-0.2, 0) is 6.18 Å². The van der Waals surface area contributed by atoms with Crippen molar-refractivity contribution in [2.24, 2.45) is 5.73 Å². The van der Waals surface area contributed by atoms with Crippen molar-refractivity contribution in [3.8, 4) is 0 Å². The molecule has 0 radical (unpaired) electrons. The van der Waals surface area contributed by atoms with Crippen molar-refractivity contribution in [1.29, 1.82) is 0 Å². The molecule has 14 heavy (non-hydrogen) atoms. The number of hydrogen-bond donors (Lipinski definition) is 1. The molecule has 0 aliphatic heterocycles. The number of aromatic nitrogens is 1. The Morgan fingerprint density at radius 2 is 2.00 bits per heavy atom. The van der Waals surface area contributed by atoms with Crippen LogP contribution in [-0.4, -0.2) is 10.9 Å². The molecule has 0 aromatic carbocycles. The molecule has 0 unspecified atom stereocenters. The summed E-state index contributed by atoms with van der Waals surface area (Å²) >= 11 is 5.32. The molecular formula is C7H4ClF3N2O. The first-order chi connectivity index (χ1) is 6.32. The molecule has 76 valence electrons. The molecule has 0 saturated heterocycles. The highest BCUT2D eigenvalue weighted by atomic mass is 35.5. The van der Waals surface area contributed by atoms with Gasteiger partial charge in [-0.1, -0.05) is 11.6 Å². The zero-order valence-corrected chi connectivity index (χ0v) is 7.36. The summed E-state index contributed by atoms with van der Waals surface area (Å²) in [5, 5.41) is -0.549. The lowest BCUT2D eigenvalue weighted by Crippen LogP contribution is -2.15. The summed E-state index contributed by atoms with van der Waals surface area (Å²) in [6.07, 6.45) is -4.58. The van der Waals surface area contributed by atoms with E-state index in [4.69, 9.17) is 17.3 Å². The molecular weight excluding hydrogens is 221 g/mol. The van der Waals surface area contributed by atoms with E-state index in [0.717, 1.165) is 6.07 Å². The molecule has 0 aliphatic rings. The number of hydrogen-bond acceptors (Lipinski definition) is 2. The highest BCUT2D eigenvalue weighted by Crippen LogP contribution is 2.29. The summed E-state index contributed by atoms with van der Waals surface area (Å²) in [6.45, 7) is 0. The standard InChI is InChI=1S/C7H4ClF3N2O/c8-5-3(6(12)14)1-2-4(13-5)7(9,10)11/h1-2H,(H2,12,14). The second-order valence-electron chi connectivity index (χ2n) is 2.40. The van der Waals surface area contributed by atoms with Crippen LogP contribution < -0.4 is 5.73 Å². The van der Waals surface area contributed by atoms with Crippen molar-refractivity contribution >= 4 is 17.5 Å². The van der Waals surface area contributed by atoms with Gasteiger partial charge in [-0.2, -0.15) is 13.2 Å². The maximum absolute atomic E-state index is 12.1. The summed E-state index contributed by atoms with van der Waals surface area (Å²) in [5.41, 5.74) is 3.43. The van der Waals surface area contributed by atoms with Crippen molar-refractivity contribution in [1.82, 2.24) is 4.98 Å². The Balaban J connectivity index is 3.20. The number of primary amides is 1. The topological polar surface area (TPSA) is 56.0 Å². The fourth-order valence-corrected chi connectivity index (χ4v) is 1.02. The smallest absolute Gasteiger partial charge is 0.366 e. The largest absolute Gasteiger partial charge is 0.433 e. The van der Waals surface area contributed by atoms with Gasteiger partial charge in [0.2, 0.25) is 0 Å². The molecule has 0 aliphatic carbocycles. The maximum atomic E-state index is 12.1. The number of halogens is 4. The normalized spacial score (nSPS) is 11.4. The van der Waals surface area contributed by atoms with Crippen molar-refractivity contribution < 1.29 is 18.0 Å². The minimum atomic E-state index is -4.58. The molecule has 1 heterocycles. The van der Waals surface area contributed by atoms with E-state index in [1.165, 1.54) is 0 Å². The van der Waals surface area contributed by atoms with Gasteiger partial charge in [-0.25, -0.2) is 4.98 Å². The van der Waals surface area contributed by atoms with E-state index < -0.39 is 22.9 Å². The lowest BCUT2D eigenvalue weighted by atomic mass is 10.2. The van der Waals surface area contributed by atoms with E-state index in [1.54, 1.807) is 0 Å². The second kappa shape index (κ2) is 3.45. The zero-order valence-electron chi connectivity index (χ0n) is 6.60. The number of alkyl halides is 3. The van der Waals surface area contributed by atoms with Gasteiger partial charge in [0.15, 0.2) is 0 Å². The van der Waals surface area contributed by atoms with Gasteiger partial charge in [0, 0.05) is 0 Å². The van der Waals surface area contributed by atoms with E-state index >= 15 is 0 Å². The van der Waals surface area contributed by atoms with Crippen LogP contribution in [0.3, 0.4) is 0 Å². The van der Waals surface area contributed by atoms with Gasteiger partial charge in [0.25, 0.3) is 5.91 Å². The van der Waals surface area contributed by atoms with Crippen LogP contribution in [0.5, 0.6) is 0 Å². The fourth-order valence-electron chi connectivity index (χ4n) is 0.776. The van der Waals surface area contributed by atoms with Crippen LogP contribution in [0.1, 0.15) is 16.1 Å². The Bertz CT molecular complexity index is 378. The van der Waals surface area contributed by atoms with Gasteiger partial charge >= 0.3 is 6.18 Å². The van der Waals surface area contributed by atoms with E-state index in [9.17, 15) is 18.0 Å². The first kappa shape index (κ1) is 10.8. The van der Waals surface area contributed by atoms with Crippen molar-refractivity contribution in [2.75, 3.05) is 0 Å². The Labute approximate surface area is 81.7 Å². The fraction of sp³-hybridized carbons (Fsp3) is 0.143. The number of amides is 1. The molecule has 1 rings (SSSR count). The van der Waals surface area contributed by atoms with Gasteiger partial charge in [-0.05, 0) is 12.1 Å². The van der Waals surface area contributed by atoms with Gasteiger partial charge in [-0.3, -0.25) is 4.79 Å². The summed E-state index contributed by atoms with van der Waals surface area (Å²) in [6, 6.07) is 1.53. The first-order valence-electron chi connectivity index (χ1n) is 3.36. The van der Waals surface area contributed by atoms with Crippen molar-refractivity contribution in [2.45, 2.75) is 6.18 Å². The predicted octanol–water partition coefficient (Wildman–Crippen LogP) is 1.85. The summed E-state index contributed by atoms with van der Waals surface area (Å²) < 4.78 is 36.2. The van der Waals surface area contributed by atoms with Crippen LogP contribution in [0.25, 0.3) is 0 Å². The Kier molecular flexibility index (Phi) is 2.66. The lowest BCUT2D eigenvalue weighted by Gasteiger charge is -2.06. The van der Waals surface area contributed by atoms with Gasteiger partial charge in [-0.15, -0.1) is 0 Å². The molecule has 2 N–H and O–H groups in total. The summed E-state index contributed by atoms with van der Waals surface area (Å²) in [5.74, 6) is -0.920. The predicted molar refractivity (Wildman–Crippen MR) is 42.8 cm³/mol. The molecule has 3 nitrogen and oxygen atoms in total. The Morgan fingerprint density at radius 3 is 2.36 bits per heavy atom.